The summed E-state index contributed by atoms with van der Waals surface area (Å²) in [5.74, 6) is -0.0870. The highest BCUT2D eigenvalue weighted by Crippen LogP contribution is 2.18. The second-order valence-corrected chi connectivity index (χ2v) is 5.43. The normalized spacial score (nSPS) is 12.3. The van der Waals surface area contributed by atoms with Crippen molar-refractivity contribution in [2.24, 2.45) is 0 Å². The van der Waals surface area contributed by atoms with Gasteiger partial charge in [-0.2, -0.15) is 0 Å². The molecular formula is C12H25N2O+. The summed E-state index contributed by atoms with van der Waals surface area (Å²) in [5.41, 5.74) is 0.239. The molecule has 0 fully saturated rings. The summed E-state index contributed by atoms with van der Waals surface area (Å²) in [6, 6.07) is 0. The Kier molecular flexibility index (Phi) is 5.01. The lowest BCUT2D eigenvalue weighted by atomic mass is 10.0. The second kappa shape index (κ2) is 5.31. The maximum Gasteiger partial charge on any atom is 0.243 e. The standard InChI is InChI=1S/C12H24N2O/c1-7-11(15)13-9-8-10-14(5,6)12(2,3)4/h7H,1,8-10H2,2-6H3/p+1. The van der Waals surface area contributed by atoms with E-state index in [2.05, 4.69) is 46.8 Å². The Morgan fingerprint density at radius 3 is 2.33 bits per heavy atom. The number of rotatable bonds is 5. The van der Waals surface area contributed by atoms with Gasteiger partial charge in [-0.25, -0.2) is 0 Å². The first kappa shape index (κ1) is 14.2. The zero-order chi connectivity index (χ0) is 12.1. The minimum absolute atomic E-state index is 0.0870. The van der Waals surface area contributed by atoms with E-state index in [9.17, 15) is 4.79 Å². The van der Waals surface area contributed by atoms with Crippen molar-refractivity contribution in [2.75, 3.05) is 27.2 Å². The number of nitrogens with one attached hydrogen (secondary N) is 1. The number of hydrogen-bond donors (Lipinski definition) is 1. The number of quaternary nitrogens is 1. The van der Waals surface area contributed by atoms with Crippen LogP contribution in [0.1, 0.15) is 27.2 Å². The molecule has 0 unspecified atom stereocenters. The predicted molar refractivity (Wildman–Crippen MR) is 64.6 cm³/mol. The van der Waals surface area contributed by atoms with E-state index in [1.54, 1.807) is 0 Å². The molecule has 0 rings (SSSR count). The van der Waals surface area contributed by atoms with Gasteiger partial charge in [-0.1, -0.05) is 6.58 Å². The molecule has 15 heavy (non-hydrogen) atoms. The maximum absolute atomic E-state index is 10.9. The molecule has 0 heterocycles. The van der Waals surface area contributed by atoms with Crippen molar-refractivity contribution in [1.82, 2.24) is 5.32 Å². The zero-order valence-corrected chi connectivity index (χ0v) is 10.8. The summed E-state index contributed by atoms with van der Waals surface area (Å²) in [7, 11) is 4.44. The molecular weight excluding hydrogens is 188 g/mol. The molecule has 0 atom stereocenters. The Morgan fingerprint density at radius 1 is 1.40 bits per heavy atom. The molecule has 0 aromatic heterocycles. The molecule has 1 amide bonds. The first-order valence-corrected chi connectivity index (χ1v) is 5.44. The summed E-state index contributed by atoms with van der Waals surface area (Å²) in [6.07, 6.45) is 2.30. The lowest BCUT2D eigenvalue weighted by molar-refractivity contribution is -0.935. The van der Waals surface area contributed by atoms with Crippen LogP contribution in [0.4, 0.5) is 0 Å². The second-order valence-electron chi connectivity index (χ2n) is 5.43. The van der Waals surface area contributed by atoms with Crippen LogP contribution < -0.4 is 5.32 Å². The van der Waals surface area contributed by atoms with Crippen LogP contribution in [0.5, 0.6) is 0 Å². The van der Waals surface area contributed by atoms with Gasteiger partial charge in [-0.05, 0) is 26.8 Å². The van der Waals surface area contributed by atoms with Crippen molar-refractivity contribution in [2.45, 2.75) is 32.7 Å². The van der Waals surface area contributed by atoms with Gasteiger partial charge in [0, 0.05) is 13.0 Å². The third-order valence-electron chi connectivity index (χ3n) is 3.19. The third kappa shape index (κ3) is 4.98. The van der Waals surface area contributed by atoms with Gasteiger partial charge in [0.2, 0.25) is 5.91 Å². The summed E-state index contributed by atoms with van der Waals surface area (Å²) < 4.78 is 0.955. The Labute approximate surface area is 93.7 Å². The van der Waals surface area contributed by atoms with E-state index in [0.717, 1.165) is 24.0 Å². The molecule has 0 aromatic rings. The third-order valence-corrected chi connectivity index (χ3v) is 3.19. The van der Waals surface area contributed by atoms with Crippen molar-refractivity contribution in [3.63, 3.8) is 0 Å². The molecule has 0 bridgehead atoms. The van der Waals surface area contributed by atoms with Gasteiger partial charge in [0.1, 0.15) is 0 Å². The Morgan fingerprint density at radius 2 is 1.93 bits per heavy atom. The van der Waals surface area contributed by atoms with Crippen LogP contribution in [0.15, 0.2) is 12.7 Å². The van der Waals surface area contributed by atoms with E-state index in [4.69, 9.17) is 0 Å². The lowest BCUT2D eigenvalue weighted by Crippen LogP contribution is -2.55. The van der Waals surface area contributed by atoms with E-state index in [1.807, 2.05) is 0 Å². The smallest absolute Gasteiger partial charge is 0.243 e. The van der Waals surface area contributed by atoms with Gasteiger partial charge in [-0.3, -0.25) is 4.79 Å². The molecule has 0 radical (unpaired) electrons. The molecule has 0 saturated heterocycles. The Balaban J connectivity index is 3.86. The minimum atomic E-state index is -0.0870. The quantitative estimate of drug-likeness (QED) is 0.419. The van der Waals surface area contributed by atoms with E-state index >= 15 is 0 Å². The summed E-state index contributed by atoms with van der Waals surface area (Å²) >= 11 is 0. The van der Waals surface area contributed by atoms with Gasteiger partial charge in [0.05, 0.1) is 26.2 Å². The number of carbonyl (C=O) groups excluding carboxylic acids is 1. The Bertz CT molecular complexity index is 226. The highest BCUT2D eigenvalue weighted by molar-refractivity contribution is 5.86. The van der Waals surface area contributed by atoms with E-state index in [0.29, 0.717) is 0 Å². The largest absolute Gasteiger partial charge is 0.352 e. The van der Waals surface area contributed by atoms with Crippen molar-refractivity contribution in [1.29, 1.82) is 0 Å². The minimum Gasteiger partial charge on any atom is -0.352 e. The van der Waals surface area contributed by atoms with Crippen molar-refractivity contribution >= 4 is 5.91 Å². The predicted octanol–water partition coefficient (Wildman–Crippen LogP) is 1.55. The highest BCUT2D eigenvalue weighted by atomic mass is 16.1. The lowest BCUT2D eigenvalue weighted by Gasteiger charge is -2.42. The average Bonchev–Trinajstić information content (AvgIpc) is 2.10. The molecule has 1 N–H and O–H groups in total. The van der Waals surface area contributed by atoms with Crippen molar-refractivity contribution < 1.29 is 9.28 Å². The number of nitrogens with zero attached hydrogens (tertiary/aromatic N) is 1. The molecule has 0 saturated carbocycles. The molecule has 0 aliphatic carbocycles. The first-order valence-electron chi connectivity index (χ1n) is 5.44. The van der Waals surface area contributed by atoms with Crippen LogP contribution in [0.25, 0.3) is 0 Å². The van der Waals surface area contributed by atoms with Crippen LogP contribution >= 0.6 is 0 Å². The van der Waals surface area contributed by atoms with E-state index in [1.165, 1.54) is 6.08 Å². The SMILES string of the molecule is C=CC(=O)NCCC[N+](C)(C)C(C)(C)C. The summed E-state index contributed by atoms with van der Waals surface area (Å²) in [4.78, 5) is 10.9. The van der Waals surface area contributed by atoms with Crippen LogP contribution in [0, 0.1) is 0 Å². The monoisotopic (exact) mass is 213 g/mol. The molecule has 3 heteroatoms. The van der Waals surface area contributed by atoms with Gasteiger partial charge < -0.3 is 9.80 Å². The fourth-order valence-electron chi connectivity index (χ4n) is 1.09. The molecule has 0 aliphatic heterocycles. The van der Waals surface area contributed by atoms with Gasteiger partial charge >= 0.3 is 0 Å². The van der Waals surface area contributed by atoms with Gasteiger partial charge in [0.25, 0.3) is 0 Å². The molecule has 0 aliphatic rings. The van der Waals surface area contributed by atoms with Crippen LogP contribution in [0.3, 0.4) is 0 Å². The summed E-state index contributed by atoms with van der Waals surface area (Å²) in [5, 5.41) is 2.79. The van der Waals surface area contributed by atoms with Gasteiger partial charge in [0.15, 0.2) is 0 Å². The van der Waals surface area contributed by atoms with Crippen molar-refractivity contribution in [3.8, 4) is 0 Å². The highest BCUT2D eigenvalue weighted by Gasteiger charge is 2.30. The fraction of sp³-hybridized carbons (Fsp3) is 0.750. The van der Waals surface area contributed by atoms with Crippen molar-refractivity contribution in [3.05, 3.63) is 12.7 Å². The van der Waals surface area contributed by atoms with E-state index < -0.39 is 0 Å². The summed E-state index contributed by atoms with van der Waals surface area (Å²) in [6.45, 7) is 11.9. The number of hydrogen-bond acceptors (Lipinski definition) is 1. The average molecular weight is 213 g/mol. The topological polar surface area (TPSA) is 29.1 Å². The molecule has 0 spiro atoms. The van der Waals surface area contributed by atoms with Gasteiger partial charge in [-0.15, -0.1) is 0 Å². The van der Waals surface area contributed by atoms with Crippen LogP contribution in [0.2, 0.25) is 0 Å². The first-order chi connectivity index (χ1) is 6.70. The number of amides is 1. The fourth-order valence-corrected chi connectivity index (χ4v) is 1.09. The maximum atomic E-state index is 10.9. The number of carbonyl (C=O) groups is 1. The zero-order valence-electron chi connectivity index (χ0n) is 10.8. The molecule has 3 nitrogen and oxygen atoms in total. The molecule has 88 valence electrons. The Hall–Kier alpha value is -0.830. The molecule has 0 aromatic carbocycles. The van der Waals surface area contributed by atoms with E-state index in [-0.39, 0.29) is 11.4 Å². The van der Waals surface area contributed by atoms with Crippen LogP contribution in [-0.4, -0.2) is 43.1 Å². The van der Waals surface area contributed by atoms with Crippen LogP contribution in [-0.2, 0) is 4.79 Å².